The summed E-state index contributed by atoms with van der Waals surface area (Å²) in [7, 11) is 1.74. The molecule has 0 aliphatic rings. The lowest BCUT2D eigenvalue weighted by Gasteiger charge is -2.19. The molecule has 100 valence electrons. The summed E-state index contributed by atoms with van der Waals surface area (Å²) < 4.78 is 27.5. The molecule has 1 nitrogen and oxygen atoms in total. The second kappa shape index (κ2) is 5.49. The van der Waals surface area contributed by atoms with Crippen LogP contribution in [0.4, 0.5) is 8.78 Å². The summed E-state index contributed by atoms with van der Waals surface area (Å²) in [5.41, 5.74) is 3.06. The third kappa shape index (κ3) is 2.99. The Hall–Kier alpha value is -1.74. The van der Waals surface area contributed by atoms with Gasteiger partial charge in [-0.2, -0.15) is 0 Å². The maximum absolute atomic E-state index is 14.0. The van der Waals surface area contributed by atoms with Crippen LogP contribution in [0.15, 0.2) is 36.4 Å². The summed E-state index contributed by atoms with van der Waals surface area (Å²) in [6.07, 6.45) is 0. The fourth-order valence-corrected chi connectivity index (χ4v) is 2.32. The van der Waals surface area contributed by atoms with Crippen LogP contribution in [0.25, 0.3) is 0 Å². The summed E-state index contributed by atoms with van der Waals surface area (Å²) in [6, 6.07) is 9.37. The zero-order chi connectivity index (χ0) is 14.0. The summed E-state index contributed by atoms with van der Waals surface area (Å²) in [5.74, 6) is -0.588. The van der Waals surface area contributed by atoms with Gasteiger partial charge in [0.05, 0.1) is 6.04 Å². The lowest BCUT2D eigenvalue weighted by atomic mass is 9.95. The maximum Gasteiger partial charge on any atom is 0.128 e. The van der Waals surface area contributed by atoms with Gasteiger partial charge in [-0.3, -0.25) is 0 Å². The Morgan fingerprint density at radius 3 is 2.32 bits per heavy atom. The molecule has 0 fully saturated rings. The largest absolute Gasteiger partial charge is 0.309 e. The lowest BCUT2D eigenvalue weighted by Crippen LogP contribution is -2.19. The number of aryl methyl sites for hydroxylation is 2. The highest BCUT2D eigenvalue weighted by atomic mass is 19.1. The average Bonchev–Trinajstić information content (AvgIpc) is 2.33. The average molecular weight is 261 g/mol. The van der Waals surface area contributed by atoms with Gasteiger partial charge in [0.2, 0.25) is 0 Å². The van der Waals surface area contributed by atoms with E-state index in [9.17, 15) is 8.78 Å². The molecule has 2 aromatic rings. The summed E-state index contributed by atoms with van der Waals surface area (Å²) >= 11 is 0. The molecule has 2 rings (SSSR count). The second-order valence-electron chi connectivity index (χ2n) is 4.81. The van der Waals surface area contributed by atoms with E-state index in [1.165, 1.54) is 18.2 Å². The van der Waals surface area contributed by atoms with E-state index in [4.69, 9.17) is 0 Å². The van der Waals surface area contributed by atoms with E-state index < -0.39 is 0 Å². The first-order valence-corrected chi connectivity index (χ1v) is 6.21. The zero-order valence-corrected chi connectivity index (χ0v) is 11.3. The highest BCUT2D eigenvalue weighted by Crippen LogP contribution is 2.26. The molecule has 0 radical (unpaired) electrons. The van der Waals surface area contributed by atoms with Crippen LogP contribution >= 0.6 is 0 Å². The molecule has 0 bridgehead atoms. The van der Waals surface area contributed by atoms with Crippen molar-refractivity contribution in [2.75, 3.05) is 7.05 Å². The van der Waals surface area contributed by atoms with Gasteiger partial charge in [-0.05, 0) is 50.2 Å². The summed E-state index contributed by atoms with van der Waals surface area (Å²) in [5, 5.41) is 3.05. The van der Waals surface area contributed by atoms with E-state index in [0.29, 0.717) is 5.56 Å². The third-order valence-electron chi connectivity index (χ3n) is 3.15. The van der Waals surface area contributed by atoms with Crippen LogP contribution in [0.1, 0.15) is 28.3 Å². The van der Waals surface area contributed by atoms with Crippen LogP contribution in [-0.2, 0) is 0 Å². The van der Waals surface area contributed by atoms with Gasteiger partial charge in [-0.15, -0.1) is 0 Å². The number of benzene rings is 2. The van der Waals surface area contributed by atoms with Crippen LogP contribution in [0.2, 0.25) is 0 Å². The molecule has 0 saturated heterocycles. The van der Waals surface area contributed by atoms with E-state index >= 15 is 0 Å². The smallest absolute Gasteiger partial charge is 0.128 e. The van der Waals surface area contributed by atoms with Gasteiger partial charge in [-0.1, -0.05) is 23.8 Å². The molecule has 0 saturated carbocycles. The molecule has 19 heavy (non-hydrogen) atoms. The van der Waals surface area contributed by atoms with Crippen LogP contribution in [0, 0.1) is 25.5 Å². The number of nitrogens with one attached hydrogen (secondary N) is 1. The van der Waals surface area contributed by atoms with Gasteiger partial charge in [0.15, 0.2) is 0 Å². The van der Waals surface area contributed by atoms with Crippen molar-refractivity contribution in [1.82, 2.24) is 5.32 Å². The first-order chi connectivity index (χ1) is 9.01. The molecule has 0 aliphatic heterocycles. The van der Waals surface area contributed by atoms with Crippen molar-refractivity contribution >= 4 is 0 Å². The van der Waals surface area contributed by atoms with Crippen molar-refractivity contribution in [3.8, 4) is 0 Å². The van der Waals surface area contributed by atoms with Crippen LogP contribution in [0.3, 0.4) is 0 Å². The molecular formula is C16H17F2N. The van der Waals surface area contributed by atoms with Crippen molar-refractivity contribution < 1.29 is 8.78 Å². The van der Waals surface area contributed by atoms with Gasteiger partial charge in [0.1, 0.15) is 11.6 Å². The minimum atomic E-state index is -0.353. The van der Waals surface area contributed by atoms with E-state index in [-0.39, 0.29) is 17.7 Å². The normalized spacial score (nSPS) is 12.5. The molecule has 2 aromatic carbocycles. The van der Waals surface area contributed by atoms with Crippen molar-refractivity contribution in [3.05, 3.63) is 70.3 Å². The molecule has 0 amide bonds. The van der Waals surface area contributed by atoms with Gasteiger partial charge < -0.3 is 5.32 Å². The van der Waals surface area contributed by atoms with E-state index in [2.05, 4.69) is 5.32 Å². The summed E-state index contributed by atoms with van der Waals surface area (Å²) in [6.45, 7) is 3.73. The molecule has 0 aliphatic carbocycles. The van der Waals surface area contributed by atoms with Gasteiger partial charge >= 0.3 is 0 Å². The molecule has 3 heteroatoms. The Morgan fingerprint density at radius 2 is 1.68 bits per heavy atom. The predicted octanol–water partition coefficient (Wildman–Crippen LogP) is 3.89. The molecule has 1 unspecified atom stereocenters. The number of halogens is 2. The molecule has 0 aromatic heterocycles. The molecule has 1 N–H and O–H groups in total. The zero-order valence-electron chi connectivity index (χ0n) is 11.3. The first-order valence-electron chi connectivity index (χ1n) is 6.21. The SMILES string of the molecule is CNC(c1cc(C)cc(F)c1)c1cc(C)ccc1F. The van der Waals surface area contributed by atoms with E-state index in [1.54, 1.807) is 19.2 Å². The topological polar surface area (TPSA) is 12.0 Å². The highest BCUT2D eigenvalue weighted by molar-refractivity contribution is 5.36. The maximum atomic E-state index is 14.0. The Kier molecular flexibility index (Phi) is 3.96. The van der Waals surface area contributed by atoms with Crippen molar-refractivity contribution in [2.45, 2.75) is 19.9 Å². The van der Waals surface area contributed by atoms with E-state index in [1.807, 2.05) is 19.9 Å². The standard InChI is InChI=1S/C16H17F2N/c1-10-4-5-15(18)14(8-10)16(19-3)12-6-11(2)7-13(17)9-12/h4-9,16,19H,1-3H3. The Bertz CT molecular complexity index is 573. The molecular weight excluding hydrogens is 244 g/mol. The predicted molar refractivity (Wildman–Crippen MR) is 73.2 cm³/mol. The Labute approximate surface area is 112 Å². The van der Waals surface area contributed by atoms with Gasteiger partial charge in [0, 0.05) is 5.56 Å². The monoisotopic (exact) mass is 261 g/mol. The molecule has 0 heterocycles. The minimum absolute atomic E-state index is 0.285. The fraction of sp³-hybridized carbons (Fsp3) is 0.250. The number of hydrogen-bond donors (Lipinski definition) is 1. The van der Waals surface area contributed by atoms with Crippen LogP contribution in [0.5, 0.6) is 0 Å². The number of hydrogen-bond acceptors (Lipinski definition) is 1. The lowest BCUT2D eigenvalue weighted by molar-refractivity contribution is 0.570. The van der Waals surface area contributed by atoms with Gasteiger partial charge in [0.25, 0.3) is 0 Å². The quantitative estimate of drug-likeness (QED) is 0.883. The Balaban J connectivity index is 2.52. The first kappa shape index (κ1) is 13.7. The van der Waals surface area contributed by atoms with Crippen molar-refractivity contribution in [1.29, 1.82) is 0 Å². The van der Waals surface area contributed by atoms with Crippen molar-refractivity contribution in [2.24, 2.45) is 0 Å². The molecule has 0 spiro atoms. The molecule has 1 atom stereocenters. The fourth-order valence-electron chi connectivity index (χ4n) is 2.32. The highest BCUT2D eigenvalue weighted by Gasteiger charge is 2.17. The Morgan fingerprint density at radius 1 is 0.947 bits per heavy atom. The van der Waals surface area contributed by atoms with Gasteiger partial charge in [-0.25, -0.2) is 8.78 Å². The third-order valence-corrected chi connectivity index (χ3v) is 3.15. The minimum Gasteiger partial charge on any atom is -0.309 e. The van der Waals surface area contributed by atoms with Crippen molar-refractivity contribution in [3.63, 3.8) is 0 Å². The van der Waals surface area contributed by atoms with Crippen LogP contribution < -0.4 is 5.32 Å². The number of rotatable bonds is 3. The summed E-state index contributed by atoms with van der Waals surface area (Å²) in [4.78, 5) is 0. The second-order valence-corrected chi connectivity index (χ2v) is 4.81. The van der Waals surface area contributed by atoms with Crippen LogP contribution in [-0.4, -0.2) is 7.05 Å². The van der Waals surface area contributed by atoms with E-state index in [0.717, 1.165) is 16.7 Å².